The van der Waals surface area contributed by atoms with Gasteiger partial charge in [0.2, 0.25) is 0 Å². The van der Waals surface area contributed by atoms with Crippen molar-refractivity contribution in [3.05, 3.63) is 60.7 Å². The molecule has 2 aromatic carbocycles. The first-order chi connectivity index (χ1) is 14.5. The molecule has 2 heteroatoms. The first-order valence-electron chi connectivity index (χ1n) is 12.1. The molecule has 2 aromatic rings. The van der Waals surface area contributed by atoms with Crippen LogP contribution in [0.15, 0.2) is 60.7 Å². The zero-order valence-electron chi connectivity index (χ0n) is 20.5. The van der Waals surface area contributed by atoms with Gasteiger partial charge in [-0.3, -0.25) is 0 Å². The minimum atomic E-state index is 0.712. The molecule has 0 spiro atoms. The number of benzene rings is 2. The number of anilines is 2. The van der Waals surface area contributed by atoms with Crippen LogP contribution in [0.4, 0.5) is 11.4 Å². The van der Waals surface area contributed by atoms with Crippen molar-refractivity contribution in [2.75, 3.05) is 36.0 Å². The fourth-order valence-electron chi connectivity index (χ4n) is 3.51. The molecule has 0 bridgehead atoms. The predicted molar refractivity (Wildman–Crippen MR) is 137 cm³/mol. The van der Waals surface area contributed by atoms with Crippen molar-refractivity contribution in [1.29, 1.82) is 0 Å². The van der Waals surface area contributed by atoms with Crippen LogP contribution in [-0.2, 0) is 0 Å². The molecule has 0 N–H and O–H groups in total. The number of unbranched alkanes of at least 4 members (excludes halogenated alkanes) is 2. The van der Waals surface area contributed by atoms with Gasteiger partial charge in [-0.15, -0.1) is 0 Å². The van der Waals surface area contributed by atoms with Crippen LogP contribution in [0.25, 0.3) is 0 Å². The van der Waals surface area contributed by atoms with E-state index in [1.165, 1.54) is 50.1 Å². The Morgan fingerprint density at radius 1 is 0.567 bits per heavy atom. The van der Waals surface area contributed by atoms with Crippen molar-refractivity contribution in [1.82, 2.24) is 0 Å². The molecular formula is C28H46N2. The third-order valence-corrected chi connectivity index (χ3v) is 4.98. The van der Waals surface area contributed by atoms with E-state index < -0.39 is 0 Å². The van der Waals surface area contributed by atoms with Crippen LogP contribution in [0.2, 0.25) is 0 Å². The molecule has 0 heterocycles. The molecule has 0 aliphatic heterocycles. The quantitative estimate of drug-likeness (QED) is 0.351. The van der Waals surface area contributed by atoms with E-state index in [2.05, 4.69) is 112 Å². The molecule has 0 saturated heterocycles. The SMILES string of the molecule is CC(C)CN(CC(C)C)c1ccccc1.CCCCN(CCCC)c1ccccc1. The van der Waals surface area contributed by atoms with E-state index in [1.54, 1.807) is 0 Å². The number of hydrogen-bond acceptors (Lipinski definition) is 2. The lowest BCUT2D eigenvalue weighted by molar-refractivity contribution is 0.553. The Morgan fingerprint density at radius 2 is 0.933 bits per heavy atom. The monoisotopic (exact) mass is 410 g/mol. The van der Waals surface area contributed by atoms with Crippen molar-refractivity contribution in [3.63, 3.8) is 0 Å². The van der Waals surface area contributed by atoms with Crippen LogP contribution in [0, 0.1) is 11.8 Å². The summed E-state index contributed by atoms with van der Waals surface area (Å²) >= 11 is 0. The van der Waals surface area contributed by atoms with Gasteiger partial charge in [0.25, 0.3) is 0 Å². The lowest BCUT2D eigenvalue weighted by Crippen LogP contribution is -2.31. The molecule has 168 valence electrons. The Hall–Kier alpha value is -1.96. The van der Waals surface area contributed by atoms with E-state index in [9.17, 15) is 0 Å². The molecule has 30 heavy (non-hydrogen) atoms. The smallest absolute Gasteiger partial charge is 0.0366 e. The van der Waals surface area contributed by atoms with Gasteiger partial charge in [-0.05, 0) is 48.9 Å². The van der Waals surface area contributed by atoms with Crippen molar-refractivity contribution in [2.45, 2.75) is 67.2 Å². The summed E-state index contributed by atoms with van der Waals surface area (Å²) in [5, 5.41) is 0. The highest BCUT2D eigenvalue weighted by Crippen LogP contribution is 2.17. The summed E-state index contributed by atoms with van der Waals surface area (Å²) in [6, 6.07) is 21.5. The van der Waals surface area contributed by atoms with Crippen molar-refractivity contribution < 1.29 is 0 Å². The summed E-state index contributed by atoms with van der Waals surface area (Å²) in [6.07, 6.45) is 5.13. The summed E-state index contributed by atoms with van der Waals surface area (Å²) in [6.45, 7) is 18.3. The van der Waals surface area contributed by atoms with Gasteiger partial charge in [0, 0.05) is 37.6 Å². The standard InChI is InChI=1S/2C14H23N/c1-12(2)10-15(11-13(3)4)14-8-6-5-7-9-14;1-3-5-12-15(13-6-4-2)14-10-8-7-9-11-14/h5-9,12-13H,10-11H2,1-4H3;7-11H,3-6,12-13H2,1-2H3. The maximum absolute atomic E-state index is 2.51. The van der Waals surface area contributed by atoms with Gasteiger partial charge in [-0.1, -0.05) is 90.8 Å². The van der Waals surface area contributed by atoms with Crippen molar-refractivity contribution in [3.8, 4) is 0 Å². The van der Waals surface area contributed by atoms with Crippen molar-refractivity contribution in [2.24, 2.45) is 11.8 Å². The van der Waals surface area contributed by atoms with Crippen LogP contribution < -0.4 is 9.80 Å². The second-order valence-electron chi connectivity index (χ2n) is 9.06. The Bertz CT molecular complexity index is 604. The van der Waals surface area contributed by atoms with E-state index in [1.807, 2.05) is 0 Å². The van der Waals surface area contributed by atoms with Crippen molar-refractivity contribution >= 4 is 11.4 Å². The molecule has 0 amide bonds. The molecule has 0 aliphatic carbocycles. The number of hydrogen-bond donors (Lipinski definition) is 0. The number of para-hydroxylation sites is 2. The average Bonchev–Trinajstić information content (AvgIpc) is 2.74. The first kappa shape index (κ1) is 26.1. The number of nitrogens with zero attached hydrogens (tertiary/aromatic N) is 2. The summed E-state index contributed by atoms with van der Waals surface area (Å²) in [5.74, 6) is 1.42. The average molecular weight is 411 g/mol. The molecule has 0 aromatic heterocycles. The number of rotatable bonds is 12. The van der Waals surface area contributed by atoms with Gasteiger partial charge in [-0.2, -0.15) is 0 Å². The summed E-state index contributed by atoms with van der Waals surface area (Å²) in [5.41, 5.74) is 2.72. The highest BCUT2D eigenvalue weighted by molar-refractivity contribution is 5.46. The predicted octanol–water partition coefficient (Wildman–Crippen LogP) is 7.90. The van der Waals surface area contributed by atoms with Gasteiger partial charge >= 0.3 is 0 Å². The molecule has 0 saturated carbocycles. The third-order valence-electron chi connectivity index (χ3n) is 4.98. The topological polar surface area (TPSA) is 6.48 Å². The summed E-state index contributed by atoms with van der Waals surface area (Å²) in [4.78, 5) is 4.99. The molecule has 0 fully saturated rings. The van der Waals surface area contributed by atoms with Crippen LogP contribution in [0.3, 0.4) is 0 Å². The van der Waals surface area contributed by atoms with Gasteiger partial charge in [-0.25, -0.2) is 0 Å². The van der Waals surface area contributed by atoms with E-state index in [4.69, 9.17) is 0 Å². The van der Waals surface area contributed by atoms with Crippen LogP contribution >= 0.6 is 0 Å². The minimum absolute atomic E-state index is 0.712. The van der Waals surface area contributed by atoms with E-state index >= 15 is 0 Å². The maximum atomic E-state index is 2.51. The van der Waals surface area contributed by atoms with Gasteiger partial charge < -0.3 is 9.80 Å². The zero-order valence-corrected chi connectivity index (χ0v) is 20.5. The van der Waals surface area contributed by atoms with Crippen LogP contribution in [-0.4, -0.2) is 26.2 Å². The fraction of sp³-hybridized carbons (Fsp3) is 0.571. The minimum Gasteiger partial charge on any atom is -0.372 e. The van der Waals surface area contributed by atoms with Crippen LogP contribution in [0.1, 0.15) is 67.2 Å². The molecule has 0 atom stereocenters. The highest BCUT2D eigenvalue weighted by Gasteiger charge is 2.09. The Balaban J connectivity index is 0.000000300. The van der Waals surface area contributed by atoms with E-state index in [0.717, 1.165) is 13.1 Å². The molecule has 0 unspecified atom stereocenters. The largest absolute Gasteiger partial charge is 0.372 e. The highest BCUT2D eigenvalue weighted by atomic mass is 15.1. The summed E-state index contributed by atoms with van der Waals surface area (Å²) < 4.78 is 0. The van der Waals surface area contributed by atoms with Crippen LogP contribution in [0.5, 0.6) is 0 Å². The second kappa shape index (κ2) is 15.8. The normalized spacial score (nSPS) is 10.7. The first-order valence-corrected chi connectivity index (χ1v) is 12.1. The molecule has 0 aliphatic rings. The summed E-state index contributed by atoms with van der Waals surface area (Å²) in [7, 11) is 0. The Morgan fingerprint density at radius 3 is 1.27 bits per heavy atom. The zero-order chi connectivity index (χ0) is 22.2. The molecular weight excluding hydrogens is 364 g/mol. The van der Waals surface area contributed by atoms with Gasteiger partial charge in [0.05, 0.1) is 0 Å². The van der Waals surface area contributed by atoms with E-state index in [-0.39, 0.29) is 0 Å². The fourth-order valence-corrected chi connectivity index (χ4v) is 3.51. The molecule has 2 nitrogen and oxygen atoms in total. The lowest BCUT2D eigenvalue weighted by Gasteiger charge is -2.28. The molecule has 2 rings (SSSR count). The molecule has 0 radical (unpaired) electrons. The third kappa shape index (κ3) is 11.3. The van der Waals surface area contributed by atoms with Gasteiger partial charge in [0.1, 0.15) is 0 Å². The lowest BCUT2D eigenvalue weighted by atomic mass is 10.1. The van der Waals surface area contributed by atoms with E-state index in [0.29, 0.717) is 11.8 Å². The second-order valence-corrected chi connectivity index (χ2v) is 9.06. The Kier molecular flexibility index (Phi) is 13.8. The Labute approximate surface area is 187 Å². The van der Waals surface area contributed by atoms with Gasteiger partial charge in [0.15, 0.2) is 0 Å². The maximum Gasteiger partial charge on any atom is 0.0366 e.